The predicted octanol–water partition coefficient (Wildman–Crippen LogP) is 2.64. The first-order valence-corrected chi connectivity index (χ1v) is 8.60. The molecule has 22 heavy (non-hydrogen) atoms. The van der Waals surface area contributed by atoms with Crippen LogP contribution in [0.5, 0.6) is 0 Å². The summed E-state index contributed by atoms with van der Waals surface area (Å²) in [5.41, 5.74) is 1.35. The second kappa shape index (κ2) is 8.89. The van der Waals surface area contributed by atoms with E-state index >= 15 is 0 Å². The van der Waals surface area contributed by atoms with Crippen LogP contribution in [0.2, 0.25) is 0 Å². The molecule has 0 spiro atoms. The van der Waals surface area contributed by atoms with Gasteiger partial charge in [0.15, 0.2) is 0 Å². The first kappa shape index (κ1) is 16.9. The molecular weight excluding hydrogens is 274 g/mol. The Balaban J connectivity index is 1.66. The monoisotopic (exact) mass is 303 g/mol. The van der Waals surface area contributed by atoms with Crippen LogP contribution >= 0.6 is 0 Å². The average molecular weight is 303 g/mol. The maximum atomic E-state index is 12.1. The van der Waals surface area contributed by atoms with Crippen molar-refractivity contribution in [1.29, 1.82) is 0 Å². The van der Waals surface area contributed by atoms with Gasteiger partial charge in [-0.1, -0.05) is 20.3 Å². The van der Waals surface area contributed by atoms with E-state index in [1.165, 1.54) is 5.56 Å². The van der Waals surface area contributed by atoms with E-state index in [1.807, 2.05) is 19.3 Å². The number of carbonyl (C=O) groups is 1. The summed E-state index contributed by atoms with van der Waals surface area (Å²) in [4.78, 5) is 18.6. The van der Waals surface area contributed by atoms with Crippen molar-refractivity contribution in [2.24, 2.45) is 5.92 Å². The number of rotatable bonds is 7. The molecule has 0 aromatic carbocycles. The molecule has 1 unspecified atom stereocenters. The number of pyridine rings is 1. The van der Waals surface area contributed by atoms with Crippen molar-refractivity contribution < 1.29 is 4.79 Å². The summed E-state index contributed by atoms with van der Waals surface area (Å²) in [6.07, 6.45) is 8.98. The smallest absolute Gasteiger partial charge is 0.223 e. The minimum atomic E-state index is 0.148. The summed E-state index contributed by atoms with van der Waals surface area (Å²) < 4.78 is 0. The third kappa shape index (κ3) is 5.41. The summed E-state index contributed by atoms with van der Waals surface area (Å²) in [7, 11) is 0. The average Bonchev–Trinajstić information content (AvgIpc) is 2.55. The molecule has 1 aromatic heterocycles. The Morgan fingerprint density at radius 3 is 2.68 bits per heavy atom. The Morgan fingerprint density at radius 1 is 1.36 bits per heavy atom. The third-order valence-electron chi connectivity index (χ3n) is 4.57. The molecule has 4 nitrogen and oxygen atoms in total. The van der Waals surface area contributed by atoms with E-state index < -0.39 is 0 Å². The van der Waals surface area contributed by atoms with Crippen LogP contribution in [-0.4, -0.2) is 41.5 Å². The van der Waals surface area contributed by atoms with Gasteiger partial charge < -0.3 is 10.2 Å². The number of hydrogen-bond acceptors (Lipinski definition) is 3. The summed E-state index contributed by atoms with van der Waals surface area (Å²) in [6.45, 7) is 7.42. The Morgan fingerprint density at radius 2 is 2.05 bits per heavy atom. The molecule has 1 aliphatic rings. The van der Waals surface area contributed by atoms with Gasteiger partial charge in [0.25, 0.3) is 0 Å². The van der Waals surface area contributed by atoms with Gasteiger partial charge in [0.2, 0.25) is 5.91 Å². The maximum Gasteiger partial charge on any atom is 0.223 e. The van der Waals surface area contributed by atoms with Crippen LogP contribution in [0.4, 0.5) is 0 Å². The quantitative estimate of drug-likeness (QED) is 0.842. The molecule has 2 rings (SSSR count). The SMILES string of the molecule is CCCC(C)C(=O)NC1CCN(CCc2ccncc2)CC1. The molecule has 1 saturated heterocycles. The fourth-order valence-electron chi connectivity index (χ4n) is 3.05. The maximum absolute atomic E-state index is 12.1. The van der Waals surface area contributed by atoms with E-state index in [2.05, 4.69) is 34.3 Å². The van der Waals surface area contributed by atoms with Gasteiger partial charge >= 0.3 is 0 Å². The molecule has 0 radical (unpaired) electrons. The van der Waals surface area contributed by atoms with Crippen LogP contribution in [0.25, 0.3) is 0 Å². The number of carbonyl (C=O) groups excluding carboxylic acids is 1. The first-order valence-electron chi connectivity index (χ1n) is 8.60. The molecule has 0 saturated carbocycles. The van der Waals surface area contributed by atoms with Crippen LogP contribution in [0.1, 0.15) is 45.1 Å². The minimum Gasteiger partial charge on any atom is -0.353 e. The lowest BCUT2D eigenvalue weighted by Gasteiger charge is -2.32. The number of nitrogens with zero attached hydrogens (tertiary/aromatic N) is 2. The molecule has 1 atom stereocenters. The van der Waals surface area contributed by atoms with Gasteiger partial charge in [-0.15, -0.1) is 0 Å². The highest BCUT2D eigenvalue weighted by Gasteiger charge is 2.22. The highest BCUT2D eigenvalue weighted by molar-refractivity contribution is 5.78. The second-order valence-electron chi connectivity index (χ2n) is 6.42. The number of amides is 1. The van der Waals surface area contributed by atoms with Crippen molar-refractivity contribution in [3.05, 3.63) is 30.1 Å². The Kier molecular flexibility index (Phi) is 6.84. The zero-order valence-corrected chi connectivity index (χ0v) is 13.9. The Labute approximate surface area is 134 Å². The lowest BCUT2D eigenvalue weighted by Crippen LogP contribution is -2.46. The molecule has 0 aliphatic carbocycles. The fourth-order valence-corrected chi connectivity index (χ4v) is 3.05. The highest BCUT2D eigenvalue weighted by Crippen LogP contribution is 2.13. The number of likely N-dealkylation sites (tertiary alicyclic amines) is 1. The topological polar surface area (TPSA) is 45.2 Å². The first-order chi connectivity index (χ1) is 10.7. The van der Waals surface area contributed by atoms with Crippen molar-refractivity contribution in [1.82, 2.24) is 15.2 Å². The summed E-state index contributed by atoms with van der Waals surface area (Å²) in [5, 5.41) is 3.22. The Bertz CT molecular complexity index is 441. The van der Waals surface area contributed by atoms with E-state index in [4.69, 9.17) is 0 Å². The van der Waals surface area contributed by atoms with Crippen molar-refractivity contribution in [3.63, 3.8) is 0 Å². The van der Waals surface area contributed by atoms with Gasteiger partial charge in [0.1, 0.15) is 0 Å². The van der Waals surface area contributed by atoms with Crippen LogP contribution < -0.4 is 5.32 Å². The largest absolute Gasteiger partial charge is 0.353 e. The summed E-state index contributed by atoms with van der Waals surface area (Å²) >= 11 is 0. The van der Waals surface area contributed by atoms with Gasteiger partial charge in [-0.05, 0) is 43.4 Å². The molecule has 4 heteroatoms. The standard InChI is InChI=1S/C18H29N3O/c1-3-4-15(2)18(22)20-17-8-13-21(14-9-17)12-7-16-5-10-19-11-6-16/h5-6,10-11,15,17H,3-4,7-9,12-14H2,1-2H3,(H,20,22). The minimum absolute atomic E-state index is 0.148. The Hall–Kier alpha value is -1.42. The van der Waals surface area contributed by atoms with Crippen LogP contribution in [0.3, 0.4) is 0 Å². The second-order valence-corrected chi connectivity index (χ2v) is 6.42. The number of hydrogen-bond donors (Lipinski definition) is 1. The molecule has 0 bridgehead atoms. The van der Waals surface area contributed by atoms with Crippen LogP contribution in [-0.2, 0) is 11.2 Å². The predicted molar refractivity (Wildman–Crippen MR) is 89.6 cm³/mol. The molecule has 122 valence electrons. The van der Waals surface area contributed by atoms with Crippen molar-refractivity contribution in [2.75, 3.05) is 19.6 Å². The van der Waals surface area contributed by atoms with E-state index in [-0.39, 0.29) is 11.8 Å². The van der Waals surface area contributed by atoms with Gasteiger partial charge in [-0.2, -0.15) is 0 Å². The normalized spacial score (nSPS) is 18.1. The van der Waals surface area contributed by atoms with Gasteiger partial charge in [-0.3, -0.25) is 9.78 Å². The lowest BCUT2D eigenvalue weighted by molar-refractivity contribution is -0.125. The summed E-state index contributed by atoms with van der Waals surface area (Å²) in [6, 6.07) is 4.54. The molecule has 2 heterocycles. The van der Waals surface area contributed by atoms with Gasteiger partial charge in [0, 0.05) is 44.0 Å². The molecular formula is C18H29N3O. The summed E-state index contributed by atoms with van der Waals surface area (Å²) in [5.74, 6) is 0.381. The highest BCUT2D eigenvalue weighted by atomic mass is 16.1. The molecule has 1 aliphatic heterocycles. The fraction of sp³-hybridized carbons (Fsp3) is 0.667. The van der Waals surface area contributed by atoms with Gasteiger partial charge in [-0.25, -0.2) is 0 Å². The van der Waals surface area contributed by atoms with Gasteiger partial charge in [0.05, 0.1) is 0 Å². The number of nitrogens with one attached hydrogen (secondary N) is 1. The molecule has 1 fully saturated rings. The third-order valence-corrected chi connectivity index (χ3v) is 4.57. The molecule has 1 amide bonds. The molecule has 1 N–H and O–H groups in total. The van der Waals surface area contributed by atoms with E-state index in [1.54, 1.807) is 0 Å². The lowest BCUT2D eigenvalue weighted by atomic mass is 10.0. The van der Waals surface area contributed by atoms with Crippen molar-refractivity contribution in [2.45, 2.75) is 52.0 Å². The van der Waals surface area contributed by atoms with E-state index in [0.29, 0.717) is 6.04 Å². The van der Waals surface area contributed by atoms with Crippen molar-refractivity contribution in [3.8, 4) is 0 Å². The van der Waals surface area contributed by atoms with E-state index in [9.17, 15) is 4.79 Å². The van der Waals surface area contributed by atoms with Crippen LogP contribution in [0, 0.1) is 5.92 Å². The zero-order chi connectivity index (χ0) is 15.8. The van der Waals surface area contributed by atoms with E-state index in [0.717, 1.165) is 51.7 Å². The van der Waals surface area contributed by atoms with Crippen molar-refractivity contribution >= 4 is 5.91 Å². The molecule has 1 aromatic rings. The number of aromatic nitrogens is 1. The van der Waals surface area contributed by atoms with Crippen LogP contribution in [0.15, 0.2) is 24.5 Å². The number of piperidine rings is 1. The zero-order valence-electron chi connectivity index (χ0n) is 13.9.